The molecule has 2 saturated heterocycles. The van der Waals surface area contributed by atoms with Crippen molar-refractivity contribution >= 4 is 0 Å². The third-order valence-corrected chi connectivity index (χ3v) is 2.96. The van der Waals surface area contributed by atoms with E-state index in [1.165, 1.54) is 0 Å². The molecule has 2 heterocycles. The molecule has 0 radical (unpaired) electrons. The molecule has 2 heteroatoms. The Labute approximate surface area is 67.9 Å². The van der Waals surface area contributed by atoms with Gasteiger partial charge in [-0.05, 0) is 5.92 Å². The maximum Gasteiger partial charge on any atom is 0.0676 e. The summed E-state index contributed by atoms with van der Waals surface area (Å²) in [6.45, 7) is 7.20. The normalized spacial score (nSPS) is 50.7. The van der Waals surface area contributed by atoms with Crippen molar-refractivity contribution in [3.8, 4) is 0 Å². The minimum Gasteiger partial charge on any atom is -0.381 e. The fourth-order valence-corrected chi connectivity index (χ4v) is 2.16. The molecule has 11 heavy (non-hydrogen) atoms. The molecule has 0 N–H and O–H groups in total. The minimum absolute atomic E-state index is 0.485. The van der Waals surface area contributed by atoms with Gasteiger partial charge in [0.25, 0.3) is 0 Å². The third-order valence-electron chi connectivity index (χ3n) is 2.96. The molecule has 0 saturated carbocycles. The van der Waals surface area contributed by atoms with Crippen LogP contribution in [0.4, 0.5) is 0 Å². The first-order chi connectivity index (χ1) is 5.29. The summed E-state index contributed by atoms with van der Waals surface area (Å²) in [6, 6.07) is 0. The molecule has 4 unspecified atom stereocenters. The van der Waals surface area contributed by atoms with Gasteiger partial charge in [-0.2, -0.15) is 0 Å². The quantitative estimate of drug-likeness (QED) is 0.526. The second-order valence-corrected chi connectivity index (χ2v) is 3.95. The lowest BCUT2D eigenvalue weighted by Crippen LogP contribution is -2.37. The van der Waals surface area contributed by atoms with Gasteiger partial charge in [-0.1, -0.05) is 13.8 Å². The Morgan fingerprint density at radius 1 is 1.00 bits per heavy atom. The summed E-state index contributed by atoms with van der Waals surface area (Å²) in [5.74, 6) is 1.96. The van der Waals surface area contributed by atoms with E-state index in [2.05, 4.69) is 13.8 Å². The summed E-state index contributed by atoms with van der Waals surface area (Å²) in [4.78, 5) is 0. The largest absolute Gasteiger partial charge is 0.381 e. The molecule has 0 spiro atoms. The van der Waals surface area contributed by atoms with Crippen molar-refractivity contribution in [3.05, 3.63) is 0 Å². The average Bonchev–Trinajstić information content (AvgIpc) is 2.35. The molecule has 2 nitrogen and oxygen atoms in total. The van der Waals surface area contributed by atoms with Crippen LogP contribution in [-0.4, -0.2) is 25.9 Å². The van der Waals surface area contributed by atoms with Crippen molar-refractivity contribution in [1.29, 1.82) is 0 Å². The molecule has 0 bridgehead atoms. The van der Waals surface area contributed by atoms with E-state index >= 15 is 0 Å². The van der Waals surface area contributed by atoms with Gasteiger partial charge in [0.15, 0.2) is 0 Å². The highest BCUT2D eigenvalue weighted by Crippen LogP contribution is 2.34. The van der Waals surface area contributed by atoms with Crippen LogP contribution >= 0.6 is 0 Å². The maximum absolute atomic E-state index is 5.70. The monoisotopic (exact) mass is 156 g/mol. The minimum atomic E-state index is 0.485. The van der Waals surface area contributed by atoms with Gasteiger partial charge in [-0.15, -0.1) is 0 Å². The summed E-state index contributed by atoms with van der Waals surface area (Å²) in [6.07, 6.45) is 0.485. The Morgan fingerprint density at radius 3 is 2.55 bits per heavy atom. The van der Waals surface area contributed by atoms with Gasteiger partial charge in [-0.25, -0.2) is 0 Å². The standard InChI is InChI=1S/C9H16O2/c1-6-4-11-9-7(2)3-10-5-8(6)9/h6-9H,3-5H2,1-2H3. The van der Waals surface area contributed by atoms with E-state index in [4.69, 9.17) is 9.47 Å². The molecule has 0 amide bonds. The lowest BCUT2D eigenvalue weighted by Gasteiger charge is -2.31. The first-order valence-corrected chi connectivity index (χ1v) is 4.48. The molecule has 2 fully saturated rings. The summed E-state index contributed by atoms with van der Waals surface area (Å²) >= 11 is 0. The van der Waals surface area contributed by atoms with Gasteiger partial charge in [0.2, 0.25) is 0 Å². The number of rotatable bonds is 0. The van der Waals surface area contributed by atoms with Gasteiger partial charge in [0.1, 0.15) is 0 Å². The van der Waals surface area contributed by atoms with Gasteiger partial charge >= 0.3 is 0 Å². The number of hydrogen-bond acceptors (Lipinski definition) is 2. The van der Waals surface area contributed by atoms with E-state index in [9.17, 15) is 0 Å². The highest BCUT2D eigenvalue weighted by atomic mass is 16.5. The SMILES string of the molecule is CC1COC2C(C)COCC12. The van der Waals surface area contributed by atoms with Crippen molar-refractivity contribution in [3.63, 3.8) is 0 Å². The molecule has 64 valence electrons. The van der Waals surface area contributed by atoms with Crippen LogP contribution in [0.3, 0.4) is 0 Å². The number of hydrogen-bond donors (Lipinski definition) is 0. The summed E-state index contributed by atoms with van der Waals surface area (Å²) in [5, 5.41) is 0. The van der Waals surface area contributed by atoms with E-state index < -0.39 is 0 Å². The summed E-state index contributed by atoms with van der Waals surface area (Å²) in [5.41, 5.74) is 0. The predicted molar refractivity (Wildman–Crippen MR) is 42.4 cm³/mol. The molecular formula is C9H16O2. The van der Waals surface area contributed by atoms with Crippen LogP contribution in [0.2, 0.25) is 0 Å². The fourth-order valence-electron chi connectivity index (χ4n) is 2.16. The van der Waals surface area contributed by atoms with Gasteiger partial charge in [0.05, 0.1) is 19.3 Å². The lowest BCUT2D eigenvalue weighted by molar-refractivity contribution is -0.0611. The van der Waals surface area contributed by atoms with Crippen LogP contribution in [0.25, 0.3) is 0 Å². The fraction of sp³-hybridized carbons (Fsp3) is 1.00. The lowest BCUT2D eigenvalue weighted by atomic mass is 9.85. The predicted octanol–water partition coefficient (Wildman–Crippen LogP) is 1.30. The molecule has 0 aromatic rings. The third kappa shape index (κ3) is 1.18. The van der Waals surface area contributed by atoms with Crippen LogP contribution in [-0.2, 0) is 9.47 Å². The molecule has 0 aromatic carbocycles. The number of fused-ring (bicyclic) bond motifs is 1. The van der Waals surface area contributed by atoms with Crippen molar-refractivity contribution in [2.75, 3.05) is 19.8 Å². The Hall–Kier alpha value is -0.0800. The second-order valence-electron chi connectivity index (χ2n) is 3.95. The number of ether oxygens (including phenoxy) is 2. The van der Waals surface area contributed by atoms with Crippen LogP contribution in [0.1, 0.15) is 13.8 Å². The molecule has 0 aromatic heterocycles. The molecule has 2 rings (SSSR count). The van der Waals surface area contributed by atoms with Gasteiger partial charge in [-0.3, -0.25) is 0 Å². The Morgan fingerprint density at radius 2 is 1.82 bits per heavy atom. The Bertz CT molecular complexity index is 144. The molecule has 4 atom stereocenters. The van der Waals surface area contributed by atoms with Crippen LogP contribution in [0.15, 0.2) is 0 Å². The van der Waals surface area contributed by atoms with Crippen molar-refractivity contribution < 1.29 is 9.47 Å². The second kappa shape index (κ2) is 2.76. The Kier molecular flexibility index (Phi) is 1.90. The first-order valence-electron chi connectivity index (χ1n) is 4.48. The molecular weight excluding hydrogens is 140 g/mol. The first kappa shape index (κ1) is 7.56. The molecule has 2 aliphatic rings. The summed E-state index contributed by atoms with van der Waals surface area (Å²) in [7, 11) is 0. The van der Waals surface area contributed by atoms with E-state index in [-0.39, 0.29) is 0 Å². The van der Waals surface area contributed by atoms with Crippen molar-refractivity contribution in [2.45, 2.75) is 20.0 Å². The molecule has 2 aliphatic heterocycles. The van der Waals surface area contributed by atoms with Gasteiger partial charge < -0.3 is 9.47 Å². The Balaban J connectivity index is 2.07. The van der Waals surface area contributed by atoms with Gasteiger partial charge in [0, 0.05) is 18.4 Å². The average molecular weight is 156 g/mol. The van der Waals surface area contributed by atoms with Crippen molar-refractivity contribution in [2.24, 2.45) is 17.8 Å². The summed E-state index contributed by atoms with van der Waals surface area (Å²) < 4.78 is 11.2. The topological polar surface area (TPSA) is 18.5 Å². The highest BCUT2D eigenvalue weighted by molar-refractivity contribution is 4.87. The van der Waals surface area contributed by atoms with E-state index in [0.717, 1.165) is 19.8 Å². The molecule has 0 aliphatic carbocycles. The van der Waals surface area contributed by atoms with Crippen LogP contribution in [0.5, 0.6) is 0 Å². The van der Waals surface area contributed by atoms with E-state index in [1.807, 2.05) is 0 Å². The zero-order chi connectivity index (χ0) is 7.84. The van der Waals surface area contributed by atoms with E-state index in [1.54, 1.807) is 0 Å². The highest BCUT2D eigenvalue weighted by Gasteiger charge is 2.40. The smallest absolute Gasteiger partial charge is 0.0676 e. The van der Waals surface area contributed by atoms with E-state index in [0.29, 0.717) is 23.9 Å². The van der Waals surface area contributed by atoms with Crippen molar-refractivity contribution in [1.82, 2.24) is 0 Å². The van der Waals surface area contributed by atoms with Crippen LogP contribution < -0.4 is 0 Å². The zero-order valence-corrected chi connectivity index (χ0v) is 7.25. The maximum atomic E-state index is 5.70. The zero-order valence-electron chi connectivity index (χ0n) is 7.25. The van der Waals surface area contributed by atoms with Crippen LogP contribution in [0, 0.1) is 17.8 Å².